The summed E-state index contributed by atoms with van der Waals surface area (Å²) >= 11 is 1.86. The van der Waals surface area contributed by atoms with E-state index in [9.17, 15) is 0 Å². The van der Waals surface area contributed by atoms with E-state index in [1.54, 1.807) is 0 Å². The summed E-state index contributed by atoms with van der Waals surface area (Å²) in [6.45, 7) is 8.99. The van der Waals surface area contributed by atoms with Crippen molar-refractivity contribution in [1.82, 2.24) is 5.43 Å². The molecule has 1 atom stereocenters. The van der Waals surface area contributed by atoms with Crippen molar-refractivity contribution in [2.75, 3.05) is 6.61 Å². The van der Waals surface area contributed by atoms with Crippen molar-refractivity contribution in [2.45, 2.75) is 52.2 Å². The third-order valence-electron chi connectivity index (χ3n) is 2.47. The quantitative estimate of drug-likeness (QED) is 0.607. The number of thiophene rings is 1. The van der Waals surface area contributed by atoms with Gasteiger partial charge < -0.3 is 4.74 Å². The van der Waals surface area contributed by atoms with Gasteiger partial charge in [-0.25, -0.2) is 0 Å². The number of hydrogen-bond donors (Lipinski definition) is 2. The van der Waals surface area contributed by atoms with E-state index in [1.807, 2.05) is 11.3 Å². The number of nitrogens with one attached hydrogen (secondary N) is 1. The lowest BCUT2D eigenvalue weighted by Crippen LogP contribution is -2.42. The van der Waals surface area contributed by atoms with Crippen LogP contribution in [-0.2, 0) is 17.6 Å². The Kier molecular flexibility index (Phi) is 5.59. The zero-order valence-corrected chi connectivity index (χ0v) is 12.1. The molecule has 1 aromatic heterocycles. The fraction of sp³-hybridized carbons (Fsp3) is 0.692. The average molecular weight is 256 g/mol. The second-order valence-electron chi connectivity index (χ2n) is 5.21. The highest BCUT2D eigenvalue weighted by molar-refractivity contribution is 7.11. The predicted octanol–water partition coefficient (Wildman–Crippen LogP) is 2.50. The summed E-state index contributed by atoms with van der Waals surface area (Å²) < 4.78 is 5.75. The summed E-state index contributed by atoms with van der Waals surface area (Å²) in [4.78, 5) is 2.79. The van der Waals surface area contributed by atoms with Gasteiger partial charge in [0.05, 0.1) is 12.2 Å². The molecule has 0 fully saturated rings. The van der Waals surface area contributed by atoms with Gasteiger partial charge in [0.15, 0.2) is 0 Å². The fourth-order valence-electron chi connectivity index (χ4n) is 1.48. The van der Waals surface area contributed by atoms with Gasteiger partial charge in [-0.05, 0) is 39.3 Å². The van der Waals surface area contributed by atoms with Gasteiger partial charge >= 0.3 is 0 Å². The van der Waals surface area contributed by atoms with Crippen LogP contribution in [0.1, 0.15) is 37.4 Å². The third kappa shape index (κ3) is 5.64. The van der Waals surface area contributed by atoms with Gasteiger partial charge in [-0.3, -0.25) is 11.3 Å². The highest BCUT2D eigenvalue weighted by Gasteiger charge is 2.15. The van der Waals surface area contributed by atoms with Gasteiger partial charge in [-0.1, -0.05) is 6.92 Å². The van der Waals surface area contributed by atoms with Crippen molar-refractivity contribution < 1.29 is 4.74 Å². The van der Waals surface area contributed by atoms with Crippen molar-refractivity contribution in [3.63, 3.8) is 0 Å². The maximum absolute atomic E-state index is 5.75. The van der Waals surface area contributed by atoms with Gasteiger partial charge in [0.1, 0.15) is 0 Å². The first-order chi connectivity index (χ1) is 7.94. The Bertz CT molecular complexity index is 330. The molecule has 0 radical (unpaired) electrons. The summed E-state index contributed by atoms with van der Waals surface area (Å²) in [5.41, 5.74) is 2.72. The fourth-order valence-corrected chi connectivity index (χ4v) is 2.52. The standard InChI is InChI=1S/C13H24N2OS/c1-5-11-6-7-12(17-11)8-10(15-14)9-16-13(2,3)4/h6-7,10,15H,5,8-9,14H2,1-4H3. The van der Waals surface area contributed by atoms with Gasteiger partial charge in [0, 0.05) is 22.2 Å². The first-order valence-electron chi connectivity index (χ1n) is 6.12. The van der Waals surface area contributed by atoms with E-state index in [4.69, 9.17) is 10.6 Å². The average Bonchev–Trinajstić information content (AvgIpc) is 2.70. The molecular weight excluding hydrogens is 232 g/mol. The van der Waals surface area contributed by atoms with Crippen LogP contribution in [0.15, 0.2) is 12.1 Å². The SMILES string of the molecule is CCc1ccc(CC(COC(C)(C)C)NN)s1. The van der Waals surface area contributed by atoms with Crippen LogP contribution in [0.3, 0.4) is 0 Å². The minimum atomic E-state index is -0.112. The number of hydrogen-bond acceptors (Lipinski definition) is 4. The van der Waals surface area contributed by atoms with Crippen molar-refractivity contribution in [2.24, 2.45) is 5.84 Å². The Morgan fingerprint density at radius 3 is 2.47 bits per heavy atom. The molecule has 0 spiro atoms. The van der Waals surface area contributed by atoms with Gasteiger partial charge in [-0.2, -0.15) is 0 Å². The van der Waals surface area contributed by atoms with E-state index in [0.29, 0.717) is 6.61 Å². The molecule has 0 aliphatic carbocycles. The van der Waals surface area contributed by atoms with Crippen molar-refractivity contribution >= 4 is 11.3 Å². The Morgan fingerprint density at radius 2 is 2.00 bits per heavy atom. The Labute approximate surface area is 108 Å². The molecule has 0 amide bonds. The minimum Gasteiger partial charge on any atom is -0.374 e. The van der Waals surface area contributed by atoms with Gasteiger partial charge in [0.25, 0.3) is 0 Å². The molecule has 0 aromatic carbocycles. The highest BCUT2D eigenvalue weighted by Crippen LogP contribution is 2.19. The molecule has 0 saturated carbocycles. The first kappa shape index (κ1) is 14.6. The van der Waals surface area contributed by atoms with Crippen LogP contribution >= 0.6 is 11.3 Å². The van der Waals surface area contributed by atoms with E-state index in [0.717, 1.165) is 12.8 Å². The van der Waals surface area contributed by atoms with Crippen LogP contribution in [0.25, 0.3) is 0 Å². The summed E-state index contributed by atoms with van der Waals surface area (Å²) in [6.07, 6.45) is 2.03. The zero-order chi connectivity index (χ0) is 12.9. The summed E-state index contributed by atoms with van der Waals surface area (Å²) in [7, 11) is 0. The van der Waals surface area contributed by atoms with E-state index in [2.05, 4.69) is 45.3 Å². The van der Waals surface area contributed by atoms with Gasteiger partial charge in [-0.15, -0.1) is 11.3 Å². The second kappa shape index (κ2) is 6.50. The Morgan fingerprint density at radius 1 is 1.35 bits per heavy atom. The summed E-state index contributed by atoms with van der Waals surface area (Å²) in [5.74, 6) is 5.56. The lowest BCUT2D eigenvalue weighted by atomic mass is 10.1. The molecule has 0 bridgehead atoms. The smallest absolute Gasteiger partial charge is 0.0643 e. The topological polar surface area (TPSA) is 47.3 Å². The highest BCUT2D eigenvalue weighted by atomic mass is 32.1. The monoisotopic (exact) mass is 256 g/mol. The van der Waals surface area contributed by atoms with E-state index >= 15 is 0 Å². The van der Waals surface area contributed by atoms with Gasteiger partial charge in [0.2, 0.25) is 0 Å². The molecule has 3 N–H and O–H groups in total. The Hall–Kier alpha value is -0.420. The largest absolute Gasteiger partial charge is 0.374 e. The van der Waals surface area contributed by atoms with E-state index in [1.165, 1.54) is 9.75 Å². The normalized spacial score (nSPS) is 13.9. The molecule has 98 valence electrons. The maximum atomic E-state index is 5.75. The molecule has 4 heteroatoms. The van der Waals surface area contributed by atoms with Crippen LogP contribution in [0, 0.1) is 0 Å². The molecule has 17 heavy (non-hydrogen) atoms. The molecule has 3 nitrogen and oxygen atoms in total. The summed E-state index contributed by atoms with van der Waals surface area (Å²) in [6, 6.07) is 4.56. The Balaban J connectivity index is 2.46. The second-order valence-corrected chi connectivity index (χ2v) is 6.47. The van der Waals surface area contributed by atoms with E-state index in [-0.39, 0.29) is 11.6 Å². The number of aryl methyl sites for hydroxylation is 1. The molecule has 1 heterocycles. The third-order valence-corrected chi connectivity index (χ3v) is 3.72. The van der Waals surface area contributed by atoms with Crippen molar-refractivity contribution in [3.05, 3.63) is 21.9 Å². The summed E-state index contributed by atoms with van der Waals surface area (Å²) in [5, 5.41) is 0. The molecule has 0 aliphatic heterocycles. The van der Waals surface area contributed by atoms with Crippen LogP contribution in [0.5, 0.6) is 0 Å². The molecule has 1 rings (SSSR count). The molecular formula is C13H24N2OS. The lowest BCUT2D eigenvalue weighted by Gasteiger charge is -2.23. The van der Waals surface area contributed by atoms with Crippen molar-refractivity contribution in [3.8, 4) is 0 Å². The number of nitrogens with two attached hydrogens (primary N) is 1. The van der Waals surface area contributed by atoms with Crippen LogP contribution in [0.2, 0.25) is 0 Å². The first-order valence-corrected chi connectivity index (χ1v) is 6.94. The van der Waals surface area contributed by atoms with Crippen LogP contribution in [-0.4, -0.2) is 18.2 Å². The molecule has 0 aliphatic rings. The minimum absolute atomic E-state index is 0.112. The molecule has 0 saturated heterocycles. The van der Waals surface area contributed by atoms with Crippen LogP contribution in [0.4, 0.5) is 0 Å². The lowest BCUT2D eigenvalue weighted by molar-refractivity contribution is -0.0142. The number of ether oxygens (including phenoxy) is 1. The van der Waals surface area contributed by atoms with E-state index < -0.39 is 0 Å². The zero-order valence-electron chi connectivity index (χ0n) is 11.2. The number of hydrazine groups is 1. The number of rotatable bonds is 6. The van der Waals surface area contributed by atoms with Crippen LogP contribution < -0.4 is 11.3 Å². The molecule has 1 unspecified atom stereocenters. The predicted molar refractivity (Wildman–Crippen MR) is 74.2 cm³/mol. The van der Waals surface area contributed by atoms with Crippen molar-refractivity contribution in [1.29, 1.82) is 0 Å². The maximum Gasteiger partial charge on any atom is 0.0643 e. The molecule has 1 aromatic rings.